The maximum atomic E-state index is 5.66. The largest absolute Gasteiger partial charge is 0.376 e. The summed E-state index contributed by atoms with van der Waals surface area (Å²) >= 11 is 0. The molecule has 0 amide bonds. The summed E-state index contributed by atoms with van der Waals surface area (Å²) in [5, 5.41) is 0. The van der Waals surface area contributed by atoms with Crippen molar-refractivity contribution in [1.29, 1.82) is 0 Å². The number of benzene rings is 1. The van der Waals surface area contributed by atoms with Crippen LogP contribution in [0.5, 0.6) is 0 Å². The average molecular weight is 206 g/mol. The van der Waals surface area contributed by atoms with Gasteiger partial charge >= 0.3 is 0 Å². The molecular formula is C13H18O2. The minimum absolute atomic E-state index is 0.328. The summed E-state index contributed by atoms with van der Waals surface area (Å²) in [6.45, 7) is 3.77. The zero-order valence-electron chi connectivity index (χ0n) is 9.19. The van der Waals surface area contributed by atoms with Gasteiger partial charge in [0.15, 0.2) is 0 Å². The van der Waals surface area contributed by atoms with Gasteiger partial charge in [0.1, 0.15) is 6.10 Å². The Kier molecular flexibility index (Phi) is 3.75. The fraction of sp³-hybridized carbons (Fsp3) is 0.538. The molecule has 2 rings (SSSR count). The number of epoxide rings is 1. The molecule has 0 spiro atoms. The second-order valence-corrected chi connectivity index (χ2v) is 4.12. The lowest BCUT2D eigenvalue weighted by molar-refractivity contribution is 0.0495. The molecule has 0 N–H and O–H groups in total. The van der Waals surface area contributed by atoms with Crippen LogP contribution in [0.15, 0.2) is 30.3 Å². The van der Waals surface area contributed by atoms with Crippen LogP contribution in [-0.4, -0.2) is 25.4 Å². The Bertz CT molecular complexity index is 280. The van der Waals surface area contributed by atoms with Crippen LogP contribution in [0.25, 0.3) is 0 Å². The molecule has 1 heterocycles. The van der Waals surface area contributed by atoms with E-state index < -0.39 is 0 Å². The van der Waals surface area contributed by atoms with E-state index >= 15 is 0 Å². The molecule has 2 unspecified atom stereocenters. The van der Waals surface area contributed by atoms with Crippen LogP contribution in [0.3, 0.4) is 0 Å². The number of hydrogen-bond donors (Lipinski definition) is 0. The highest BCUT2D eigenvalue weighted by molar-refractivity contribution is 5.14. The lowest BCUT2D eigenvalue weighted by Crippen LogP contribution is -2.13. The molecule has 1 aliphatic rings. The van der Waals surface area contributed by atoms with E-state index in [0.29, 0.717) is 12.2 Å². The van der Waals surface area contributed by atoms with Gasteiger partial charge < -0.3 is 9.47 Å². The summed E-state index contributed by atoms with van der Waals surface area (Å²) < 4.78 is 10.8. The Morgan fingerprint density at radius 2 is 2.13 bits per heavy atom. The van der Waals surface area contributed by atoms with Gasteiger partial charge in [-0.25, -0.2) is 0 Å². The lowest BCUT2D eigenvalue weighted by atomic mass is 10.1. The van der Waals surface area contributed by atoms with Crippen molar-refractivity contribution >= 4 is 0 Å². The molecule has 1 aromatic rings. The van der Waals surface area contributed by atoms with Crippen LogP contribution >= 0.6 is 0 Å². The summed E-state index contributed by atoms with van der Waals surface area (Å²) in [6, 6.07) is 10.5. The number of hydrogen-bond acceptors (Lipinski definition) is 2. The smallest absolute Gasteiger partial charge is 0.104 e. The standard InChI is InChI=1S/C13H18O2/c1-11(14-9-13-10-15-13)7-8-12-5-3-2-4-6-12/h2-6,11,13H,7-10H2,1H3. The van der Waals surface area contributed by atoms with Crippen molar-refractivity contribution < 1.29 is 9.47 Å². The second-order valence-electron chi connectivity index (χ2n) is 4.12. The summed E-state index contributed by atoms with van der Waals surface area (Å²) in [7, 11) is 0. The monoisotopic (exact) mass is 206 g/mol. The van der Waals surface area contributed by atoms with Crippen molar-refractivity contribution in [2.45, 2.75) is 32.0 Å². The summed E-state index contributed by atoms with van der Waals surface area (Å²) in [5.74, 6) is 0. The Labute approximate surface area is 91.2 Å². The van der Waals surface area contributed by atoms with Crippen LogP contribution in [0.4, 0.5) is 0 Å². The third-order valence-electron chi connectivity index (χ3n) is 2.65. The quantitative estimate of drug-likeness (QED) is 0.667. The first-order chi connectivity index (χ1) is 7.34. The van der Waals surface area contributed by atoms with Gasteiger partial charge in [-0.05, 0) is 25.3 Å². The Hall–Kier alpha value is -0.860. The van der Waals surface area contributed by atoms with E-state index in [4.69, 9.17) is 9.47 Å². The van der Waals surface area contributed by atoms with E-state index in [9.17, 15) is 0 Å². The first-order valence-corrected chi connectivity index (χ1v) is 5.62. The van der Waals surface area contributed by atoms with Crippen molar-refractivity contribution in [1.82, 2.24) is 0 Å². The molecule has 1 aromatic carbocycles. The number of rotatable bonds is 6. The van der Waals surface area contributed by atoms with Crippen molar-refractivity contribution in [2.24, 2.45) is 0 Å². The third kappa shape index (κ3) is 4.02. The molecule has 0 saturated carbocycles. The summed E-state index contributed by atoms with van der Waals surface area (Å²) in [5.41, 5.74) is 1.38. The van der Waals surface area contributed by atoms with E-state index in [-0.39, 0.29) is 0 Å². The van der Waals surface area contributed by atoms with Gasteiger partial charge in [-0.1, -0.05) is 30.3 Å². The van der Waals surface area contributed by atoms with E-state index in [1.54, 1.807) is 0 Å². The van der Waals surface area contributed by atoms with Crippen LogP contribution in [0.1, 0.15) is 18.9 Å². The van der Waals surface area contributed by atoms with Gasteiger partial charge in [-0.3, -0.25) is 0 Å². The van der Waals surface area contributed by atoms with Crippen LogP contribution < -0.4 is 0 Å². The van der Waals surface area contributed by atoms with Crippen molar-refractivity contribution in [3.8, 4) is 0 Å². The maximum Gasteiger partial charge on any atom is 0.104 e. The zero-order chi connectivity index (χ0) is 10.5. The highest BCUT2D eigenvalue weighted by Gasteiger charge is 2.23. The van der Waals surface area contributed by atoms with Gasteiger partial charge in [0.05, 0.1) is 19.3 Å². The maximum absolute atomic E-state index is 5.66. The average Bonchev–Trinajstić information content (AvgIpc) is 3.09. The first kappa shape index (κ1) is 10.7. The molecule has 0 aliphatic carbocycles. The molecule has 2 heteroatoms. The van der Waals surface area contributed by atoms with E-state index in [2.05, 4.69) is 31.2 Å². The molecule has 15 heavy (non-hydrogen) atoms. The molecule has 1 fully saturated rings. The lowest BCUT2D eigenvalue weighted by Gasteiger charge is -2.11. The fourth-order valence-electron chi connectivity index (χ4n) is 1.53. The zero-order valence-corrected chi connectivity index (χ0v) is 9.19. The minimum Gasteiger partial charge on any atom is -0.376 e. The SMILES string of the molecule is CC(CCc1ccccc1)OCC1CO1. The van der Waals surface area contributed by atoms with Gasteiger partial charge in [0.25, 0.3) is 0 Å². The van der Waals surface area contributed by atoms with Gasteiger partial charge in [-0.2, -0.15) is 0 Å². The molecule has 1 aliphatic heterocycles. The van der Waals surface area contributed by atoms with Gasteiger partial charge in [0, 0.05) is 0 Å². The predicted molar refractivity (Wildman–Crippen MR) is 59.9 cm³/mol. The minimum atomic E-state index is 0.328. The molecule has 2 atom stereocenters. The van der Waals surface area contributed by atoms with E-state index in [1.807, 2.05) is 6.07 Å². The van der Waals surface area contributed by atoms with Crippen LogP contribution in [0, 0.1) is 0 Å². The number of ether oxygens (including phenoxy) is 2. The Morgan fingerprint density at radius 3 is 2.80 bits per heavy atom. The molecule has 0 aromatic heterocycles. The topological polar surface area (TPSA) is 21.8 Å². The summed E-state index contributed by atoms with van der Waals surface area (Å²) in [6.07, 6.45) is 2.88. The molecular weight excluding hydrogens is 188 g/mol. The normalized spacial score (nSPS) is 21.3. The number of aryl methyl sites for hydroxylation is 1. The highest BCUT2D eigenvalue weighted by atomic mass is 16.6. The predicted octanol–water partition coefficient (Wildman–Crippen LogP) is 2.42. The Morgan fingerprint density at radius 1 is 1.40 bits per heavy atom. The molecule has 82 valence electrons. The van der Waals surface area contributed by atoms with E-state index in [0.717, 1.165) is 26.1 Å². The fourth-order valence-corrected chi connectivity index (χ4v) is 1.53. The summed E-state index contributed by atoms with van der Waals surface area (Å²) in [4.78, 5) is 0. The Balaban J connectivity index is 1.63. The van der Waals surface area contributed by atoms with Gasteiger partial charge in [0.2, 0.25) is 0 Å². The third-order valence-corrected chi connectivity index (χ3v) is 2.65. The molecule has 1 saturated heterocycles. The molecule has 2 nitrogen and oxygen atoms in total. The van der Waals surface area contributed by atoms with E-state index in [1.165, 1.54) is 5.56 Å². The highest BCUT2D eigenvalue weighted by Crippen LogP contribution is 2.12. The van der Waals surface area contributed by atoms with Crippen molar-refractivity contribution in [3.05, 3.63) is 35.9 Å². The molecule has 0 radical (unpaired) electrons. The van der Waals surface area contributed by atoms with Crippen molar-refractivity contribution in [2.75, 3.05) is 13.2 Å². The second kappa shape index (κ2) is 5.29. The van der Waals surface area contributed by atoms with Crippen molar-refractivity contribution in [3.63, 3.8) is 0 Å². The van der Waals surface area contributed by atoms with Crippen LogP contribution in [0.2, 0.25) is 0 Å². The molecule has 0 bridgehead atoms. The van der Waals surface area contributed by atoms with Gasteiger partial charge in [-0.15, -0.1) is 0 Å². The van der Waals surface area contributed by atoms with Crippen LogP contribution in [-0.2, 0) is 15.9 Å². The first-order valence-electron chi connectivity index (χ1n) is 5.62.